The molecule has 0 aliphatic rings. The first-order valence-corrected chi connectivity index (χ1v) is 8.56. The summed E-state index contributed by atoms with van der Waals surface area (Å²) in [4.78, 5) is 28.2. The first-order valence-electron chi connectivity index (χ1n) is 7.75. The van der Waals surface area contributed by atoms with Crippen LogP contribution in [0.4, 0.5) is 5.13 Å². The molecule has 126 valence electrons. The van der Waals surface area contributed by atoms with Gasteiger partial charge in [0, 0.05) is 13.0 Å². The number of ketones is 1. The van der Waals surface area contributed by atoms with Crippen LogP contribution in [0.2, 0.25) is 0 Å². The number of aryl methyl sites for hydroxylation is 1. The molecular formula is C19H22N2O2S. The summed E-state index contributed by atoms with van der Waals surface area (Å²) in [5.74, 6) is -0.307. The Morgan fingerprint density at radius 3 is 2.29 bits per heavy atom. The van der Waals surface area contributed by atoms with E-state index in [-0.39, 0.29) is 17.1 Å². The number of aromatic nitrogens is 1. The fourth-order valence-corrected chi connectivity index (χ4v) is 3.05. The number of nitrogens with zero attached hydrogens (tertiary/aromatic N) is 1. The smallest absolute Gasteiger partial charge is 0.250 e. The monoisotopic (exact) mass is 342 g/mol. The third-order valence-corrected chi connectivity index (χ3v) is 4.72. The highest BCUT2D eigenvalue weighted by molar-refractivity contribution is 7.17. The Labute approximate surface area is 146 Å². The van der Waals surface area contributed by atoms with Crippen LogP contribution >= 0.6 is 11.3 Å². The van der Waals surface area contributed by atoms with Gasteiger partial charge in [-0.05, 0) is 29.5 Å². The zero-order chi connectivity index (χ0) is 17.9. The maximum Gasteiger partial charge on any atom is 0.250 e. The van der Waals surface area contributed by atoms with E-state index < -0.39 is 0 Å². The van der Waals surface area contributed by atoms with Gasteiger partial charge in [0.1, 0.15) is 0 Å². The second-order valence-corrected chi connectivity index (χ2v) is 7.68. The number of anilines is 1. The van der Waals surface area contributed by atoms with Gasteiger partial charge in [-0.3, -0.25) is 14.9 Å². The number of nitrogens with one attached hydrogen (secondary N) is 1. The van der Waals surface area contributed by atoms with Crippen molar-refractivity contribution in [2.75, 3.05) is 5.32 Å². The van der Waals surface area contributed by atoms with E-state index in [1.807, 2.05) is 12.1 Å². The maximum absolute atomic E-state index is 12.0. The number of Topliss-reactive ketones (excluding diaryl/α,β-unsaturated/α-hetero) is 1. The number of hydrogen-bond donors (Lipinski definition) is 1. The molecule has 4 nitrogen and oxygen atoms in total. The number of amides is 1. The van der Waals surface area contributed by atoms with Gasteiger partial charge in [-0.15, -0.1) is 0 Å². The molecule has 2 aromatic rings. The van der Waals surface area contributed by atoms with Crippen LogP contribution < -0.4 is 5.32 Å². The molecular weight excluding hydrogens is 320 g/mol. The van der Waals surface area contributed by atoms with Crippen LogP contribution in [-0.2, 0) is 10.2 Å². The lowest BCUT2D eigenvalue weighted by Crippen LogP contribution is -2.10. The Kier molecular flexibility index (Phi) is 5.34. The second kappa shape index (κ2) is 7.09. The number of hydrogen-bond acceptors (Lipinski definition) is 4. The molecule has 1 N–H and O–H groups in total. The lowest BCUT2D eigenvalue weighted by Gasteiger charge is -2.18. The highest BCUT2D eigenvalue weighted by Gasteiger charge is 2.13. The van der Waals surface area contributed by atoms with Gasteiger partial charge in [0.25, 0.3) is 0 Å². The minimum atomic E-state index is -0.265. The van der Waals surface area contributed by atoms with E-state index in [4.69, 9.17) is 0 Å². The number of carbonyl (C=O) groups excluding carboxylic acids is 2. The average molecular weight is 342 g/mol. The molecule has 1 amide bonds. The van der Waals surface area contributed by atoms with Crippen LogP contribution in [0, 0.1) is 6.92 Å². The molecule has 0 atom stereocenters. The first-order chi connectivity index (χ1) is 11.2. The zero-order valence-corrected chi connectivity index (χ0v) is 15.5. The number of rotatable bonds is 4. The van der Waals surface area contributed by atoms with Gasteiger partial charge in [0.2, 0.25) is 5.91 Å². The third kappa shape index (κ3) is 4.61. The topological polar surface area (TPSA) is 59.1 Å². The standard InChI is InChI=1S/C19H22N2O2S/c1-12-17(13(2)22)24-18(20-12)21-16(23)11-8-14-6-9-15(10-7-14)19(3,4)5/h6-11H,1-5H3,(H,20,21,23)/b11-8+. The van der Waals surface area contributed by atoms with E-state index in [2.05, 4.69) is 43.2 Å². The van der Waals surface area contributed by atoms with E-state index in [1.165, 1.54) is 29.9 Å². The summed E-state index contributed by atoms with van der Waals surface area (Å²) in [7, 11) is 0. The van der Waals surface area contributed by atoms with Crippen LogP contribution in [0.3, 0.4) is 0 Å². The van der Waals surface area contributed by atoms with Gasteiger partial charge >= 0.3 is 0 Å². The second-order valence-electron chi connectivity index (χ2n) is 6.68. The molecule has 24 heavy (non-hydrogen) atoms. The Morgan fingerprint density at radius 1 is 1.17 bits per heavy atom. The summed E-state index contributed by atoms with van der Waals surface area (Å²) in [5.41, 5.74) is 2.96. The number of carbonyl (C=O) groups is 2. The van der Waals surface area contributed by atoms with Crippen molar-refractivity contribution >= 4 is 34.2 Å². The van der Waals surface area contributed by atoms with Crippen molar-refractivity contribution in [1.82, 2.24) is 4.98 Å². The van der Waals surface area contributed by atoms with Crippen molar-refractivity contribution in [3.63, 3.8) is 0 Å². The van der Waals surface area contributed by atoms with Crippen LogP contribution in [-0.4, -0.2) is 16.7 Å². The molecule has 0 fully saturated rings. The van der Waals surface area contributed by atoms with E-state index in [1.54, 1.807) is 13.0 Å². The molecule has 0 aliphatic carbocycles. The summed E-state index contributed by atoms with van der Waals surface area (Å²) < 4.78 is 0. The molecule has 0 spiro atoms. The molecule has 0 bridgehead atoms. The van der Waals surface area contributed by atoms with Crippen molar-refractivity contribution in [3.05, 3.63) is 52.0 Å². The third-order valence-electron chi connectivity index (χ3n) is 3.55. The molecule has 0 aliphatic heterocycles. The highest BCUT2D eigenvalue weighted by atomic mass is 32.1. The molecule has 0 saturated carbocycles. The van der Waals surface area contributed by atoms with E-state index in [9.17, 15) is 9.59 Å². The van der Waals surface area contributed by atoms with Crippen molar-refractivity contribution in [3.8, 4) is 0 Å². The predicted octanol–water partition coefficient (Wildman–Crippen LogP) is 4.60. The molecule has 1 heterocycles. The predicted molar refractivity (Wildman–Crippen MR) is 99.7 cm³/mol. The van der Waals surface area contributed by atoms with Crippen molar-refractivity contribution in [2.24, 2.45) is 0 Å². The number of benzene rings is 1. The maximum atomic E-state index is 12.0. The van der Waals surface area contributed by atoms with Crippen LogP contribution in [0.1, 0.15) is 54.2 Å². The van der Waals surface area contributed by atoms with E-state index >= 15 is 0 Å². The molecule has 1 aromatic carbocycles. The average Bonchev–Trinajstić information content (AvgIpc) is 2.85. The fraction of sp³-hybridized carbons (Fsp3) is 0.316. The molecule has 5 heteroatoms. The van der Waals surface area contributed by atoms with Gasteiger partial charge in [0.05, 0.1) is 10.6 Å². The summed E-state index contributed by atoms with van der Waals surface area (Å²) in [5, 5.41) is 3.13. The summed E-state index contributed by atoms with van der Waals surface area (Å²) in [6.07, 6.45) is 3.23. The molecule has 0 radical (unpaired) electrons. The van der Waals surface area contributed by atoms with Crippen molar-refractivity contribution in [2.45, 2.75) is 40.0 Å². The van der Waals surface area contributed by atoms with Crippen LogP contribution in [0.15, 0.2) is 30.3 Å². The van der Waals surface area contributed by atoms with Gasteiger partial charge in [-0.2, -0.15) is 0 Å². The Morgan fingerprint density at radius 2 is 1.79 bits per heavy atom. The summed E-state index contributed by atoms with van der Waals surface area (Å²) in [6.45, 7) is 9.74. The van der Waals surface area contributed by atoms with Gasteiger partial charge < -0.3 is 0 Å². The normalized spacial score (nSPS) is 11.7. The Balaban J connectivity index is 2.03. The molecule has 0 unspecified atom stereocenters. The van der Waals surface area contributed by atoms with Gasteiger partial charge in [-0.1, -0.05) is 56.4 Å². The van der Waals surface area contributed by atoms with Gasteiger partial charge in [-0.25, -0.2) is 4.98 Å². The Bertz CT molecular complexity index is 781. The van der Waals surface area contributed by atoms with Crippen LogP contribution in [0.25, 0.3) is 6.08 Å². The Hall–Kier alpha value is -2.27. The lowest BCUT2D eigenvalue weighted by molar-refractivity contribution is -0.111. The largest absolute Gasteiger partial charge is 0.298 e. The fourth-order valence-electron chi connectivity index (χ4n) is 2.19. The minimum Gasteiger partial charge on any atom is -0.298 e. The molecule has 2 rings (SSSR count). The summed E-state index contributed by atoms with van der Waals surface area (Å²) >= 11 is 1.20. The van der Waals surface area contributed by atoms with Gasteiger partial charge in [0.15, 0.2) is 10.9 Å². The summed E-state index contributed by atoms with van der Waals surface area (Å²) in [6, 6.07) is 8.12. The first kappa shape index (κ1) is 18.1. The lowest BCUT2D eigenvalue weighted by atomic mass is 9.87. The van der Waals surface area contributed by atoms with Crippen molar-refractivity contribution in [1.29, 1.82) is 0 Å². The molecule has 0 saturated heterocycles. The van der Waals surface area contributed by atoms with Crippen LogP contribution in [0.5, 0.6) is 0 Å². The van der Waals surface area contributed by atoms with Crippen molar-refractivity contribution < 1.29 is 9.59 Å². The highest BCUT2D eigenvalue weighted by Crippen LogP contribution is 2.24. The quantitative estimate of drug-likeness (QED) is 0.652. The van der Waals surface area contributed by atoms with E-state index in [0.717, 1.165) is 5.56 Å². The zero-order valence-electron chi connectivity index (χ0n) is 14.6. The number of thiazole rings is 1. The SMILES string of the molecule is CC(=O)c1sc(NC(=O)/C=C/c2ccc(C(C)(C)C)cc2)nc1C. The molecule has 1 aromatic heterocycles. The van der Waals surface area contributed by atoms with E-state index in [0.29, 0.717) is 15.7 Å². The minimum absolute atomic E-state index is 0.0417.